The predicted octanol–water partition coefficient (Wildman–Crippen LogP) is 2.57. The Kier molecular flexibility index (Phi) is 5.21. The Bertz CT molecular complexity index is 879. The first-order valence-corrected chi connectivity index (χ1v) is 8.61. The van der Waals surface area contributed by atoms with E-state index in [4.69, 9.17) is 0 Å². The third kappa shape index (κ3) is 4.49. The van der Waals surface area contributed by atoms with Crippen LogP contribution in [0.15, 0.2) is 48.5 Å². The summed E-state index contributed by atoms with van der Waals surface area (Å²) < 4.78 is 13.9. The SMILES string of the molecule is CC(=O)Nc1ccc(F)c(NC(=O)C(=O)NCC2(c3ccccc3)CC2)c1. The van der Waals surface area contributed by atoms with Gasteiger partial charge in [-0.3, -0.25) is 14.4 Å². The van der Waals surface area contributed by atoms with E-state index < -0.39 is 17.6 Å². The molecule has 6 nitrogen and oxygen atoms in total. The molecular formula is C20H20FN3O3. The molecule has 1 fully saturated rings. The van der Waals surface area contributed by atoms with Crippen molar-refractivity contribution in [1.82, 2.24) is 5.32 Å². The summed E-state index contributed by atoms with van der Waals surface area (Å²) in [5, 5.41) is 7.36. The van der Waals surface area contributed by atoms with Gasteiger partial charge in [0.25, 0.3) is 0 Å². The van der Waals surface area contributed by atoms with E-state index in [2.05, 4.69) is 16.0 Å². The number of anilines is 2. The largest absolute Gasteiger partial charge is 0.347 e. The Morgan fingerprint density at radius 1 is 1.00 bits per heavy atom. The highest BCUT2D eigenvalue weighted by molar-refractivity contribution is 6.39. The maximum absolute atomic E-state index is 13.9. The number of carbonyl (C=O) groups is 3. The Hall–Kier alpha value is -3.22. The highest BCUT2D eigenvalue weighted by Gasteiger charge is 2.44. The summed E-state index contributed by atoms with van der Waals surface area (Å²) in [6, 6.07) is 13.5. The zero-order valence-corrected chi connectivity index (χ0v) is 14.8. The lowest BCUT2D eigenvalue weighted by molar-refractivity contribution is -0.136. The first-order chi connectivity index (χ1) is 12.9. The molecule has 1 aliphatic rings. The Labute approximate surface area is 156 Å². The molecule has 2 aromatic carbocycles. The number of hydrogen-bond donors (Lipinski definition) is 3. The van der Waals surface area contributed by atoms with Crippen LogP contribution < -0.4 is 16.0 Å². The second-order valence-electron chi connectivity index (χ2n) is 6.66. The second kappa shape index (κ2) is 7.57. The van der Waals surface area contributed by atoms with E-state index in [0.717, 1.165) is 24.5 Å². The molecule has 0 atom stereocenters. The van der Waals surface area contributed by atoms with Gasteiger partial charge in [-0.05, 0) is 36.6 Å². The number of amides is 3. The van der Waals surface area contributed by atoms with E-state index in [1.165, 1.54) is 19.1 Å². The third-order valence-corrected chi connectivity index (χ3v) is 4.57. The van der Waals surface area contributed by atoms with E-state index in [1.807, 2.05) is 30.3 Å². The topological polar surface area (TPSA) is 87.3 Å². The van der Waals surface area contributed by atoms with Gasteiger partial charge in [0.1, 0.15) is 5.82 Å². The summed E-state index contributed by atoms with van der Waals surface area (Å²) >= 11 is 0. The van der Waals surface area contributed by atoms with Gasteiger partial charge in [-0.1, -0.05) is 30.3 Å². The van der Waals surface area contributed by atoms with Crippen molar-refractivity contribution in [2.45, 2.75) is 25.2 Å². The molecular weight excluding hydrogens is 349 g/mol. The van der Waals surface area contributed by atoms with Crippen molar-refractivity contribution in [2.24, 2.45) is 0 Å². The number of carbonyl (C=O) groups excluding carboxylic acids is 3. The van der Waals surface area contributed by atoms with Crippen molar-refractivity contribution < 1.29 is 18.8 Å². The van der Waals surface area contributed by atoms with Crippen LogP contribution in [-0.4, -0.2) is 24.3 Å². The molecule has 1 aliphatic carbocycles. The van der Waals surface area contributed by atoms with Gasteiger partial charge >= 0.3 is 11.8 Å². The minimum absolute atomic E-state index is 0.131. The molecule has 2 aromatic rings. The summed E-state index contributed by atoms with van der Waals surface area (Å²) in [6.07, 6.45) is 1.87. The van der Waals surface area contributed by atoms with Gasteiger partial charge < -0.3 is 16.0 Å². The van der Waals surface area contributed by atoms with Gasteiger partial charge in [-0.25, -0.2) is 4.39 Å². The van der Waals surface area contributed by atoms with Gasteiger partial charge in [0.15, 0.2) is 0 Å². The predicted molar refractivity (Wildman–Crippen MR) is 99.7 cm³/mol. The van der Waals surface area contributed by atoms with Crippen LogP contribution >= 0.6 is 0 Å². The van der Waals surface area contributed by atoms with E-state index in [-0.39, 0.29) is 17.0 Å². The maximum Gasteiger partial charge on any atom is 0.313 e. The fraction of sp³-hybridized carbons (Fsp3) is 0.250. The third-order valence-electron chi connectivity index (χ3n) is 4.57. The van der Waals surface area contributed by atoms with Crippen LogP contribution in [0, 0.1) is 5.82 Å². The molecule has 0 saturated heterocycles. The molecule has 0 spiro atoms. The lowest BCUT2D eigenvalue weighted by Gasteiger charge is -2.16. The first kappa shape index (κ1) is 18.6. The average molecular weight is 369 g/mol. The molecule has 0 radical (unpaired) electrons. The van der Waals surface area contributed by atoms with Gasteiger partial charge in [0.05, 0.1) is 5.69 Å². The lowest BCUT2D eigenvalue weighted by Crippen LogP contribution is -2.39. The van der Waals surface area contributed by atoms with E-state index >= 15 is 0 Å². The van der Waals surface area contributed by atoms with Crippen molar-refractivity contribution in [3.8, 4) is 0 Å². The Balaban J connectivity index is 1.60. The van der Waals surface area contributed by atoms with Gasteiger partial charge in [-0.2, -0.15) is 0 Å². The first-order valence-electron chi connectivity index (χ1n) is 8.61. The summed E-state index contributed by atoms with van der Waals surface area (Å²) in [5.74, 6) is -2.82. The normalized spacial score (nSPS) is 14.1. The van der Waals surface area contributed by atoms with Gasteiger partial charge in [0.2, 0.25) is 5.91 Å². The fourth-order valence-electron chi connectivity index (χ4n) is 2.92. The minimum atomic E-state index is -0.960. The quantitative estimate of drug-likeness (QED) is 0.708. The van der Waals surface area contributed by atoms with Crippen LogP contribution in [0.25, 0.3) is 0 Å². The highest BCUT2D eigenvalue weighted by atomic mass is 19.1. The Morgan fingerprint density at radius 2 is 1.70 bits per heavy atom. The van der Waals surface area contributed by atoms with Gasteiger partial charge in [-0.15, -0.1) is 0 Å². The van der Waals surface area contributed by atoms with Crippen molar-refractivity contribution in [1.29, 1.82) is 0 Å². The highest BCUT2D eigenvalue weighted by Crippen LogP contribution is 2.47. The van der Waals surface area contributed by atoms with E-state index in [9.17, 15) is 18.8 Å². The van der Waals surface area contributed by atoms with Crippen molar-refractivity contribution >= 4 is 29.1 Å². The zero-order chi connectivity index (χ0) is 19.4. The molecule has 0 aliphatic heterocycles. The average Bonchev–Trinajstić information content (AvgIpc) is 3.44. The maximum atomic E-state index is 13.9. The number of nitrogens with one attached hydrogen (secondary N) is 3. The molecule has 27 heavy (non-hydrogen) atoms. The summed E-state index contributed by atoms with van der Waals surface area (Å²) in [5.41, 5.74) is 1.14. The molecule has 1 saturated carbocycles. The summed E-state index contributed by atoms with van der Waals surface area (Å²) in [7, 11) is 0. The minimum Gasteiger partial charge on any atom is -0.347 e. The second-order valence-corrected chi connectivity index (χ2v) is 6.66. The van der Waals surface area contributed by atoms with Crippen LogP contribution in [0.1, 0.15) is 25.3 Å². The molecule has 0 unspecified atom stereocenters. The number of hydrogen-bond acceptors (Lipinski definition) is 3. The van der Waals surface area contributed by atoms with Crippen LogP contribution in [0.3, 0.4) is 0 Å². The Morgan fingerprint density at radius 3 is 2.33 bits per heavy atom. The van der Waals surface area contributed by atoms with Gasteiger partial charge in [0, 0.05) is 24.6 Å². The number of benzene rings is 2. The van der Waals surface area contributed by atoms with Crippen molar-refractivity contribution in [2.75, 3.05) is 17.2 Å². The number of halogens is 1. The monoisotopic (exact) mass is 369 g/mol. The van der Waals surface area contributed by atoms with Crippen molar-refractivity contribution in [3.63, 3.8) is 0 Å². The zero-order valence-electron chi connectivity index (χ0n) is 14.8. The molecule has 3 N–H and O–H groups in total. The standard InChI is InChI=1S/C20H20FN3O3/c1-13(25)23-15-7-8-16(21)17(11-15)24-19(27)18(26)22-12-20(9-10-20)14-5-3-2-4-6-14/h2-8,11H,9-10,12H2,1H3,(H,22,26)(H,23,25)(H,24,27). The number of rotatable bonds is 5. The summed E-state index contributed by atoms with van der Waals surface area (Å²) in [6.45, 7) is 1.66. The van der Waals surface area contributed by atoms with Crippen LogP contribution in [-0.2, 0) is 19.8 Å². The van der Waals surface area contributed by atoms with E-state index in [1.54, 1.807) is 0 Å². The molecule has 140 valence electrons. The molecule has 3 rings (SSSR count). The summed E-state index contributed by atoms with van der Waals surface area (Å²) in [4.78, 5) is 35.3. The smallest absolute Gasteiger partial charge is 0.313 e. The van der Waals surface area contributed by atoms with Crippen molar-refractivity contribution in [3.05, 3.63) is 59.9 Å². The van der Waals surface area contributed by atoms with Crippen LogP contribution in [0.4, 0.5) is 15.8 Å². The van der Waals surface area contributed by atoms with Crippen LogP contribution in [0.5, 0.6) is 0 Å². The van der Waals surface area contributed by atoms with E-state index in [0.29, 0.717) is 12.2 Å². The molecule has 0 aromatic heterocycles. The molecule has 7 heteroatoms. The van der Waals surface area contributed by atoms with Crippen LogP contribution in [0.2, 0.25) is 0 Å². The molecule has 0 heterocycles. The lowest BCUT2D eigenvalue weighted by atomic mass is 9.96. The molecule has 3 amide bonds. The molecule has 0 bridgehead atoms. The fourth-order valence-corrected chi connectivity index (χ4v) is 2.92.